The van der Waals surface area contributed by atoms with Crippen LogP contribution in [0.15, 0.2) is 30.3 Å². The molecule has 1 aromatic carbocycles. The molecule has 0 unspecified atom stereocenters. The Morgan fingerprint density at radius 1 is 1.12 bits per heavy atom. The molecular weight excluding hydrogens is 302 g/mol. The molecule has 0 aromatic heterocycles. The molecule has 1 aromatic rings. The number of carbonyl (C=O) groups excluding carboxylic acids is 2. The normalized spacial score (nSPS) is 24.8. The highest BCUT2D eigenvalue weighted by Crippen LogP contribution is 2.23. The Balaban J connectivity index is 1.61. The number of rotatable bonds is 4. The van der Waals surface area contributed by atoms with Gasteiger partial charge >= 0.3 is 0 Å². The van der Waals surface area contributed by atoms with Crippen LogP contribution in [0.4, 0.5) is 0 Å². The van der Waals surface area contributed by atoms with Crippen molar-refractivity contribution >= 4 is 11.8 Å². The largest absolute Gasteiger partial charge is 0.352 e. The van der Waals surface area contributed by atoms with E-state index in [1.165, 1.54) is 5.56 Å². The molecule has 2 fully saturated rings. The van der Waals surface area contributed by atoms with Crippen LogP contribution in [0.25, 0.3) is 0 Å². The number of nitrogens with zero attached hydrogens (tertiary/aromatic N) is 2. The van der Waals surface area contributed by atoms with E-state index in [4.69, 9.17) is 0 Å². The molecule has 130 valence electrons. The molecule has 2 saturated heterocycles. The molecule has 5 nitrogen and oxygen atoms in total. The summed E-state index contributed by atoms with van der Waals surface area (Å²) in [5.41, 5.74) is 1.26. The second-order valence-corrected chi connectivity index (χ2v) is 6.94. The summed E-state index contributed by atoms with van der Waals surface area (Å²) in [6, 6.07) is 10.4. The van der Waals surface area contributed by atoms with Crippen molar-refractivity contribution in [2.24, 2.45) is 0 Å². The van der Waals surface area contributed by atoms with Gasteiger partial charge in [-0.1, -0.05) is 30.3 Å². The number of likely N-dealkylation sites (tertiary alicyclic amines) is 2. The fourth-order valence-electron chi connectivity index (χ4n) is 3.91. The lowest BCUT2D eigenvalue weighted by Gasteiger charge is -2.36. The molecule has 0 bridgehead atoms. The van der Waals surface area contributed by atoms with Gasteiger partial charge in [-0.3, -0.25) is 14.5 Å². The fraction of sp³-hybridized carbons (Fsp3) is 0.579. The summed E-state index contributed by atoms with van der Waals surface area (Å²) in [6.07, 6.45) is 3.93. The Hall–Kier alpha value is -1.88. The molecule has 0 radical (unpaired) electrons. The minimum absolute atomic E-state index is 0.0127. The van der Waals surface area contributed by atoms with Crippen molar-refractivity contribution in [2.75, 3.05) is 19.6 Å². The van der Waals surface area contributed by atoms with Crippen LogP contribution in [-0.4, -0.2) is 53.3 Å². The van der Waals surface area contributed by atoms with Gasteiger partial charge in [-0.05, 0) is 37.8 Å². The van der Waals surface area contributed by atoms with Gasteiger partial charge in [-0.15, -0.1) is 0 Å². The van der Waals surface area contributed by atoms with E-state index in [2.05, 4.69) is 22.3 Å². The maximum atomic E-state index is 13.0. The minimum Gasteiger partial charge on any atom is -0.352 e. The first-order valence-corrected chi connectivity index (χ1v) is 8.97. The Bertz CT molecular complexity index is 575. The first-order valence-electron chi connectivity index (χ1n) is 8.97. The quantitative estimate of drug-likeness (QED) is 0.916. The van der Waals surface area contributed by atoms with Gasteiger partial charge in [-0.25, -0.2) is 0 Å². The van der Waals surface area contributed by atoms with Crippen LogP contribution in [0.3, 0.4) is 0 Å². The summed E-state index contributed by atoms with van der Waals surface area (Å²) in [4.78, 5) is 28.5. The SMILES string of the molecule is CC(=O)N[C@@H]1CCCN(C(=O)[C@H]2CCCN2Cc2ccccc2)C1. The highest BCUT2D eigenvalue weighted by Gasteiger charge is 2.35. The smallest absolute Gasteiger partial charge is 0.240 e. The Labute approximate surface area is 144 Å². The lowest BCUT2D eigenvalue weighted by molar-refractivity contribution is -0.138. The Morgan fingerprint density at radius 3 is 2.62 bits per heavy atom. The van der Waals surface area contributed by atoms with Crippen molar-refractivity contribution in [3.63, 3.8) is 0 Å². The van der Waals surface area contributed by atoms with Crippen molar-refractivity contribution in [2.45, 2.75) is 51.2 Å². The van der Waals surface area contributed by atoms with Crippen molar-refractivity contribution in [1.29, 1.82) is 0 Å². The van der Waals surface area contributed by atoms with Crippen LogP contribution in [0.2, 0.25) is 0 Å². The molecule has 1 N–H and O–H groups in total. The number of nitrogens with one attached hydrogen (secondary N) is 1. The molecule has 0 aliphatic carbocycles. The average Bonchev–Trinajstić information content (AvgIpc) is 3.03. The lowest BCUT2D eigenvalue weighted by atomic mass is 10.0. The zero-order valence-corrected chi connectivity index (χ0v) is 14.4. The van der Waals surface area contributed by atoms with Gasteiger partial charge < -0.3 is 10.2 Å². The van der Waals surface area contributed by atoms with Crippen molar-refractivity contribution in [3.8, 4) is 0 Å². The second kappa shape index (κ2) is 7.79. The molecular formula is C19H27N3O2. The van der Waals surface area contributed by atoms with E-state index in [1.54, 1.807) is 6.92 Å². The predicted octanol–water partition coefficient (Wildman–Crippen LogP) is 1.78. The van der Waals surface area contributed by atoms with E-state index in [-0.39, 0.29) is 23.9 Å². The summed E-state index contributed by atoms with van der Waals surface area (Å²) in [7, 11) is 0. The van der Waals surface area contributed by atoms with E-state index >= 15 is 0 Å². The van der Waals surface area contributed by atoms with Gasteiger partial charge in [0.15, 0.2) is 0 Å². The highest BCUT2D eigenvalue weighted by atomic mass is 16.2. The first kappa shape index (κ1) is 17.0. The second-order valence-electron chi connectivity index (χ2n) is 6.94. The van der Waals surface area contributed by atoms with Crippen LogP contribution in [0, 0.1) is 0 Å². The number of piperidine rings is 1. The number of hydrogen-bond donors (Lipinski definition) is 1. The molecule has 3 rings (SSSR count). The number of carbonyl (C=O) groups is 2. The zero-order valence-electron chi connectivity index (χ0n) is 14.4. The summed E-state index contributed by atoms with van der Waals surface area (Å²) in [5.74, 6) is 0.222. The van der Waals surface area contributed by atoms with E-state index in [0.29, 0.717) is 6.54 Å². The van der Waals surface area contributed by atoms with Crippen molar-refractivity contribution < 1.29 is 9.59 Å². The third-order valence-corrected chi connectivity index (χ3v) is 5.02. The Morgan fingerprint density at radius 2 is 1.88 bits per heavy atom. The van der Waals surface area contributed by atoms with Gasteiger partial charge in [0.1, 0.15) is 0 Å². The lowest BCUT2D eigenvalue weighted by Crippen LogP contribution is -2.53. The van der Waals surface area contributed by atoms with Crippen LogP contribution in [-0.2, 0) is 16.1 Å². The first-order chi connectivity index (χ1) is 11.6. The molecule has 2 aliphatic heterocycles. The molecule has 5 heteroatoms. The monoisotopic (exact) mass is 329 g/mol. The molecule has 2 amide bonds. The average molecular weight is 329 g/mol. The maximum Gasteiger partial charge on any atom is 0.240 e. The van der Waals surface area contributed by atoms with Crippen molar-refractivity contribution in [3.05, 3.63) is 35.9 Å². The topological polar surface area (TPSA) is 52.7 Å². The Kier molecular flexibility index (Phi) is 5.51. The van der Waals surface area contributed by atoms with Gasteiger partial charge in [-0.2, -0.15) is 0 Å². The summed E-state index contributed by atoms with van der Waals surface area (Å²) < 4.78 is 0. The van der Waals surface area contributed by atoms with E-state index in [9.17, 15) is 9.59 Å². The van der Waals surface area contributed by atoms with Crippen LogP contribution in [0.5, 0.6) is 0 Å². The summed E-state index contributed by atoms with van der Waals surface area (Å²) in [6.45, 7) is 4.81. The number of benzene rings is 1. The third-order valence-electron chi connectivity index (χ3n) is 5.02. The minimum atomic E-state index is -0.0131. The predicted molar refractivity (Wildman–Crippen MR) is 93.3 cm³/mol. The van der Waals surface area contributed by atoms with Crippen LogP contribution in [0.1, 0.15) is 38.2 Å². The van der Waals surface area contributed by atoms with Crippen molar-refractivity contribution in [1.82, 2.24) is 15.1 Å². The summed E-state index contributed by atoms with van der Waals surface area (Å²) in [5, 5.41) is 2.96. The van der Waals surface area contributed by atoms with Crippen LogP contribution < -0.4 is 5.32 Å². The molecule has 0 saturated carbocycles. The fourth-order valence-corrected chi connectivity index (χ4v) is 3.91. The molecule has 0 spiro atoms. The zero-order chi connectivity index (χ0) is 16.9. The summed E-state index contributed by atoms with van der Waals surface area (Å²) >= 11 is 0. The van der Waals surface area contributed by atoms with E-state index in [0.717, 1.165) is 45.3 Å². The van der Waals surface area contributed by atoms with Gasteiger partial charge in [0.2, 0.25) is 11.8 Å². The maximum absolute atomic E-state index is 13.0. The van der Waals surface area contributed by atoms with Gasteiger partial charge in [0, 0.05) is 32.6 Å². The van der Waals surface area contributed by atoms with E-state index < -0.39 is 0 Å². The highest BCUT2D eigenvalue weighted by molar-refractivity contribution is 5.82. The van der Waals surface area contributed by atoms with Gasteiger partial charge in [0.25, 0.3) is 0 Å². The standard InChI is InChI=1S/C19H27N3O2/c1-15(23)20-17-9-5-12-22(14-17)19(24)18-10-6-11-21(18)13-16-7-3-2-4-8-16/h2-4,7-8,17-18H,5-6,9-14H2,1H3,(H,20,23)/t17-,18-/m1/s1. The molecule has 24 heavy (non-hydrogen) atoms. The van der Waals surface area contributed by atoms with E-state index in [1.807, 2.05) is 23.1 Å². The van der Waals surface area contributed by atoms with Gasteiger partial charge in [0.05, 0.1) is 6.04 Å². The number of amides is 2. The van der Waals surface area contributed by atoms with Crippen LogP contribution >= 0.6 is 0 Å². The molecule has 2 aliphatic rings. The third kappa shape index (κ3) is 4.15. The number of hydrogen-bond acceptors (Lipinski definition) is 3. The molecule has 2 heterocycles. The molecule has 2 atom stereocenters.